The summed E-state index contributed by atoms with van der Waals surface area (Å²) >= 11 is 0. The van der Waals surface area contributed by atoms with Crippen molar-refractivity contribution in [2.24, 2.45) is 11.8 Å². The highest BCUT2D eigenvalue weighted by atomic mass is 16.5. The number of hydrogen-bond acceptors (Lipinski definition) is 2. The molecule has 0 amide bonds. The summed E-state index contributed by atoms with van der Waals surface area (Å²) in [5, 5.41) is 0. The lowest BCUT2D eigenvalue weighted by Crippen LogP contribution is -2.28. The molecular formula is C7H12O2. The fourth-order valence-electron chi connectivity index (χ4n) is 0.959. The van der Waals surface area contributed by atoms with E-state index in [1.54, 1.807) is 0 Å². The minimum absolute atomic E-state index is 0.0336. The molecule has 1 rings (SSSR count). The average Bonchev–Trinajstić information content (AvgIpc) is 1.83. The molecule has 0 aromatic heterocycles. The fraction of sp³-hybridized carbons (Fsp3) is 0.857. The van der Waals surface area contributed by atoms with Gasteiger partial charge in [0.05, 0.1) is 12.5 Å². The lowest BCUT2D eigenvalue weighted by molar-refractivity contribution is -0.155. The lowest BCUT2D eigenvalue weighted by Gasteiger charge is -2.23. The van der Waals surface area contributed by atoms with E-state index in [1.807, 2.05) is 6.92 Å². The third kappa shape index (κ3) is 1.23. The van der Waals surface area contributed by atoms with E-state index in [0.29, 0.717) is 12.5 Å². The smallest absolute Gasteiger partial charge is 0.308 e. The van der Waals surface area contributed by atoms with Gasteiger partial charge in [-0.2, -0.15) is 0 Å². The van der Waals surface area contributed by atoms with Crippen LogP contribution in [0.25, 0.3) is 0 Å². The van der Waals surface area contributed by atoms with Crippen LogP contribution in [-0.2, 0) is 9.53 Å². The van der Waals surface area contributed by atoms with E-state index in [0.717, 1.165) is 6.42 Å². The van der Waals surface area contributed by atoms with Crippen LogP contribution in [0.3, 0.4) is 0 Å². The third-order valence-electron chi connectivity index (χ3n) is 2.04. The van der Waals surface area contributed by atoms with Crippen LogP contribution in [0.5, 0.6) is 0 Å². The first-order valence-corrected chi connectivity index (χ1v) is 3.38. The van der Waals surface area contributed by atoms with E-state index in [4.69, 9.17) is 4.74 Å². The predicted molar refractivity (Wildman–Crippen MR) is 33.9 cm³/mol. The molecule has 0 bridgehead atoms. The first kappa shape index (κ1) is 6.59. The number of cyclic esters (lactones) is 1. The van der Waals surface area contributed by atoms with Crippen molar-refractivity contribution in [1.29, 1.82) is 0 Å². The lowest BCUT2D eigenvalue weighted by atomic mass is 9.91. The Morgan fingerprint density at radius 3 is 2.67 bits per heavy atom. The molecule has 1 aliphatic rings. The van der Waals surface area contributed by atoms with Crippen molar-refractivity contribution in [3.05, 3.63) is 0 Å². The topological polar surface area (TPSA) is 26.3 Å². The highest BCUT2D eigenvalue weighted by molar-refractivity contribution is 5.72. The van der Waals surface area contributed by atoms with Crippen molar-refractivity contribution in [1.82, 2.24) is 0 Å². The van der Waals surface area contributed by atoms with Crippen LogP contribution >= 0.6 is 0 Å². The summed E-state index contributed by atoms with van der Waals surface area (Å²) in [6.45, 7) is 4.63. The van der Waals surface area contributed by atoms with Crippen LogP contribution in [0, 0.1) is 11.8 Å². The Bertz CT molecular complexity index is 120. The Morgan fingerprint density at radius 1 is 1.56 bits per heavy atom. The SMILES string of the molecule is CC1CCOC(=O)[C@@H]1C. The number of rotatable bonds is 0. The maximum absolute atomic E-state index is 10.8. The molecule has 0 radical (unpaired) electrons. The molecule has 0 aromatic carbocycles. The first-order chi connectivity index (χ1) is 4.22. The van der Waals surface area contributed by atoms with Gasteiger partial charge in [0.2, 0.25) is 0 Å². The maximum atomic E-state index is 10.8. The molecule has 1 fully saturated rings. The van der Waals surface area contributed by atoms with Gasteiger partial charge in [0.25, 0.3) is 0 Å². The molecule has 0 N–H and O–H groups in total. The van der Waals surface area contributed by atoms with Crippen molar-refractivity contribution in [3.63, 3.8) is 0 Å². The maximum Gasteiger partial charge on any atom is 0.308 e. The number of carbonyl (C=O) groups is 1. The summed E-state index contributed by atoms with van der Waals surface area (Å²) in [5.74, 6) is 0.582. The summed E-state index contributed by atoms with van der Waals surface area (Å²) in [6.07, 6.45) is 1.02. The van der Waals surface area contributed by atoms with Gasteiger partial charge in [0, 0.05) is 0 Å². The van der Waals surface area contributed by atoms with Crippen LogP contribution in [0.1, 0.15) is 20.3 Å². The molecule has 0 spiro atoms. The summed E-state index contributed by atoms with van der Waals surface area (Å²) in [6, 6.07) is 0. The Hall–Kier alpha value is -0.530. The zero-order valence-corrected chi connectivity index (χ0v) is 5.89. The highest BCUT2D eigenvalue weighted by Crippen LogP contribution is 2.20. The van der Waals surface area contributed by atoms with Crippen LogP contribution in [0.4, 0.5) is 0 Å². The highest BCUT2D eigenvalue weighted by Gasteiger charge is 2.25. The Morgan fingerprint density at radius 2 is 2.22 bits per heavy atom. The van der Waals surface area contributed by atoms with Crippen molar-refractivity contribution in [2.45, 2.75) is 20.3 Å². The van der Waals surface area contributed by atoms with Gasteiger partial charge in [-0.1, -0.05) is 13.8 Å². The van der Waals surface area contributed by atoms with E-state index in [-0.39, 0.29) is 11.9 Å². The summed E-state index contributed by atoms with van der Waals surface area (Å²) < 4.78 is 4.82. The monoisotopic (exact) mass is 128 g/mol. The zero-order chi connectivity index (χ0) is 6.85. The van der Waals surface area contributed by atoms with E-state index >= 15 is 0 Å². The zero-order valence-electron chi connectivity index (χ0n) is 5.89. The standard InChI is InChI=1S/C7H12O2/c1-5-3-4-9-7(8)6(5)2/h5-6H,3-4H2,1-2H3/t5?,6-/m1/s1. The normalized spacial score (nSPS) is 36.0. The van der Waals surface area contributed by atoms with Gasteiger partial charge in [0.1, 0.15) is 0 Å². The Labute approximate surface area is 55.2 Å². The molecule has 1 aliphatic heterocycles. The molecule has 1 saturated heterocycles. The third-order valence-corrected chi connectivity index (χ3v) is 2.04. The fourth-order valence-corrected chi connectivity index (χ4v) is 0.959. The molecule has 1 heterocycles. The van der Waals surface area contributed by atoms with Crippen LogP contribution in [0.2, 0.25) is 0 Å². The van der Waals surface area contributed by atoms with E-state index in [2.05, 4.69) is 6.92 Å². The number of carbonyl (C=O) groups excluding carboxylic acids is 1. The second kappa shape index (κ2) is 2.38. The molecule has 0 saturated carbocycles. The molecule has 52 valence electrons. The van der Waals surface area contributed by atoms with Crippen LogP contribution in [0.15, 0.2) is 0 Å². The largest absolute Gasteiger partial charge is 0.465 e. The van der Waals surface area contributed by atoms with Crippen molar-refractivity contribution in [2.75, 3.05) is 6.61 Å². The van der Waals surface area contributed by atoms with E-state index in [1.165, 1.54) is 0 Å². The Kier molecular flexibility index (Phi) is 1.74. The molecule has 9 heavy (non-hydrogen) atoms. The summed E-state index contributed by atoms with van der Waals surface area (Å²) in [7, 11) is 0. The van der Waals surface area contributed by atoms with Crippen molar-refractivity contribution in [3.8, 4) is 0 Å². The van der Waals surface area contributed by atoms with Gasteiger partial charge < -0.3 is 4.74 Å². The van der Waals surface area contributed by atoms with Gasteiger partial charge in [-0.05, 0) is 12.3 Å². The average molecular weight is 128 g/mol. The molecule has 0 aromatic rings. The molecule has 0 aliphatic carbocycles. The van der Waals surface area contributed by atoms with Crippen molar-refractivity contribution >= 4 is 5.97 Å². The summed E-state index contributed by atoms with van der Waals surface area (Å²) in [5.41, 5.74) is 0. The van der Waals surface area contributed by atoms with Gasteiger partial charge in [-0.25, -0.2) is 0 Å². The molecular weight excluding hydrogens is 116 g/mol. The number of hydrogen-bond donors (Lipinski definition) is 0. The molecule has 2 nitrogen and oxygen atoms in total. The van der Waals surface area contributed by atoms with Crippen molar-refractivity contribution < 1.29 is 9.53 Å². The van der Waals surface area contributed by atoms with Gasteiger partial charge >= 0.3 is 5.97 Å². The van der Waals surface area contributed by atoms with Gasteiger partial charge in [-0.15, -0.1) is 0 Å². The molecule has 2 atom stereocenters. The second-order valence-corrected chi connectivity index (χ2v) is 2.72. The minimum atomic E-state index is -0.0336. The second-order valence-electron chi connectivity index (χ2n) is 2.72. The molecule has 2 heteroatoms. The van der Waals surface area contributed by atoms with Gasteiger partial charge in [0.15, 0.2) is 0 Å². The minimum Gasteiger partial charge on any atom is -0.465 e. The number of esters is 1. The predicted octanol–water partition coefficient (Wildman–Crippen LogP) is 1.21. The number of ether oxygens (including phenoxy) is 1. The Balaban J connectivity index is 2.51. The van der Waals surface area contributed by atoms with E-state index < -0.39 is 0 Å². The molecule has 1 unspecified atom stereocenters. The van der Waals surface area contributed by atoms with Gasteiger partial charge in [-0.3, -0.25) is 4.79 Å². The quantitative estimate of drug-likeness (QED) is 0.458. The van der Waals surface area contributed by atoms with Crippen LogP contribution < -0.4 is 0 Å². The van der Waals surface area contributed by atoms with Crippen LogP contribution in [-0.4, -0.2) is 12.6 Å². The summed E-state index contributed by atoms with van der Waals surface area (Å²) in [4.78, 5) is 10.8. The first-order valence-electron chi connectivity index (χ1n) is 3.38. The van der Waals surface area contributed by atoms with E-state index in [9.17, 15) is 4.79 Å².